The number of amides is 1. The number of hydrogen-bond donors (Lipinski definition) is 3. The number of aliphatic hydroxyl groups is 2. The van der Waals surface area contributed by atoms with Crippen molar-refractivity contribution in [3.63, 3.8) is 0 Å². The fourth-order valence-corrected chi connectivity index (χ4v) is 7.89. The molecule has 0 fully saturated rings. The first-order valence-corrected chi connectivity index (χ1v) is 26.4. The molecule has 0 aliphatic rings. The summed E-state index contributed by atoms with van der Waals surface area (Å²) in [4.78, 5) is 26.1. The fraction of sp³-hybridized carbons (Fsp3) is 0.818. The van der Waals surface area contributed by atoms with Crippen LogP contribution in [0.15, 0.2) is 48.6 Å². The summed E-state index contributed by atoms with van der Waals surface area (Å²) < 4.78 is 5.90. The molecule has 61 heavy (non-hydrogen) atoms. The van der Waals surface area contributed by atoms with Crippen LogP contribution in [-0.2, 0) is 14.3 Å². The first kappa shape index (κ1) is 58.8. The molecule has 0 aromatic rings. The molecule has 0 bridgehead atoms. The number of unbranched alkanes of at least 4 members (excludes halogenated alkanes) is 27. The zero-order chi connectivity index (χ0) is 44.5. The molecule has 3 atom stereocenters. The number of hydrogen-bond acceptors (Lipinski definition) is 5. The van der Waals surface area contributed by atoms with Gasteiger partial charge in [-0.25, -0.2) is 0 Å². The highest BCUT2D eigenvalue weighted by Gasteiger charge is 2.24. The summed E-state index contributed by atoms with van der Waals surface area (Å²) in [6.45, 7) is 6.44. The minimum Gasteiger partial charge on any atom is -0.462 e. The Bertz CT molecular complexity index is 1050. The van der Waals surface area contributed by atoms with Gasteiger partial charge in [-0.1, -0.05) is 236 Å². The second-order valence-corrected chi connectivity index (χ2v) is 17.9. The van der Waals surface area contributed by atoms with E-state index >= 15 is 0 Å². The number of rotatable bonds is 47. The van der Waals surface area contributed by atoms with Crippen LogP contribution >= 0.6 is 0 Å². The number of carbonyl (C=O) groups excluding carboxylic acids is 2. The van der Waals surface area contributed by atoms with E-state index < -0.39 is 18.2 Å². The lowest BCUT2D eigenvalue weighted by atomic mass is 10.0. The van der Waals surface area contributed by atoms with Crippen LogP contribution in [0.4, 0.5) is 0 Å². The zero-order valence-electron chi connectivity index (χ0n) is 40.5. The SMILES string of the molecule is CCCCC/C=C\C/C=C\C/C=C\C/C=C\CCCC(CC(=O)NC(CO)C(O)CCCCCCCCCCCCCCCCC)OC(=O)CCCCCCCCCCCC. The molecular weight excluding hydrogens is 755 g/mol. The van der Waals surface area contributed by atoms with Gasteiger partial charge in [-0.2, -0.15) is 0 Å². The third kappa shape index (κ3) is 44.2. The molecule has 3 unspecified atom stereocenters. The highest BCUT2D eigenvalue weighted by atomic mass is 16.5. The van der Waals surface area contributed by atoms with Gasteiger partial charge < -0.3 is 20.3 Å². The molecule has 6 heteroatoms. The van der Waals surface area contributed by atoms with E-state index in [0.717, 1.165) is 70.6 Å². The van der Waals surface area contributed by atoms with E-state index in [1.165, 1.54) is 148 Å². The second-order valence-electron chi connectivity index (χ2n) is 17.9. The summed E-state index contributed by atoms with van der Waals surface area (Å²) in [5, 5.41) is 23.8. The number of ether oxygens (including phenoxy) is 1. The van der Waals surface area contributed by atoms with E-state index in [-0.39, 0.29) is 24.9 Å². The van der Waals surface area contributed by atoms with E-state index in [0.29, 0.717) is 19.3 Å². The monoisotopic (exact) mass is 856 g/mol. The minimum absolute atomic E-state index is 0.0422. The van der Waals surface area contributed by atoms with Gasteiger partial charge in [0.15, 0.2) is 0 Å². The standard InChI is InChI=1S/C55H101NO5/c1-4-7-10-13-16-19-22-24-26-27-29-30-32-34-37-40-43-46-51(61-55(60)48-45-42-39-36-21-18-15-12-9-6-3)49-54(59)56-52(50-57)53(58)47-44-41-38-35-33-31-28-25-23-20-17-14-11-8-5-2/h16,19,24,26,29-30,34,37,51-53,57-58H,4-15,17-18,20-23,25,27-28,31-33,35-36,38-50H2,1-3H3,(H,56,59)/b19-16-,26-24-,30-29-,37-34-. The van der Waals surface area contributed by atoms with Crippen LogP contribution in [0.3, 0.4) is 0 Å². The third-order valence-corrected chi connectivity index (χ3v) is 11.9. The number of allylic oxidation sites excluding steroid dienone is 8. The molecule has 0 saturated heterocycles. The highest BCUT2D eigenvalue weighted by Crippen LogP contribution is 2.17. The Labute approximate surface area is 378 Å². The molecule has 6 nitrogen and oxygen atoms in total. The van der Waals surface area contributed by atoms with Crippen molar-refractivity contribution in [2.24, 2.45) is 0 Å². The Morgan fingerprint density at radius 2 is 0.852 bits per heavy atom. The van der Waals surface area contributed by atoms with Gasteiger partial charge in [0.05, 0.1) is 25.2 Å². The summed E-state index contributed by atoms with van der Waals surface area (Å²) in [6.07, 6.45) is 58.9. The zero-order valence-corrected chi connectivity index (χ0v) is 40.5. The second kappa shape index (κ2) is 48.8. The van der Waals surface area contributed by atoms with Gasteiger partial charge in [0.25, 0.3) is 0 Å². The summed E-state index contributed by atoms with van der Waals surface area (Å²) in [5.74, 6) is -0.522. The maximum absolute atomic E-state index is 13.2. The molecule has 0 saturated carbocycles. The Hall–Kier alpha value is -2.18. The maximum atomic E-state index is 13.2. The molecule has 0 aromatic carbocycles. The van der Waals surface area contributed by atoms with Crippen molar-refractivity contribution in [1.82, 2.24) is 5.32 Å². The minimum atomic E-state index is -0.800. The van der Waals surface area contributed by atoms with Gasteiger partial charge in [0.2, 0.25) is 5.91 Å². The first-order valence-electron chi connectivity index (χ1n) is 26.4. The van der Waals surface area contributed by atoms with Crippen molar-refractivity contribution in [3.8, 4) is 0 Å². The van der Waals surface area contributed by atoms with Crippen LogP contribution in [0.2, 0.25) is 0 Å². The van der Waals surface area contributed by atoms with Gasteiger partial charge in [0.1, 0.15) is 6.10 Å². The van der Waals surface area contributed by atoms with Crippen LogP contribution in [0.1, 0.15) is 265 Å². The Kier molecular flexibility index (Phi) is 47.1. The molecule has 0 rings (SSSR count). The first-order chi connectivity index (χ1) is 30.0. The molecular formula is C55H101NO5. The number of aliphatic hydroxyl groups excluding tert-OH is 2. The Morgan fingerprint density at radius 1 is 0.475 bits per heavy atom. The van der Waals surface area contributed by atoms with Crippen molar-refractivity contribution < 1.29 is 24.5 Å². The largest absolute Gasteiger partial charge is 0.462 e. The van der Waals surface area contributed by atoms with Gasteiger partial charge in [-0.15, -0.1) is 0 Å². The highest BCUT2D eigenvalue weighted by molar-refractivity contribution is 5.77. The van der Waals surface area contributed by atoms with Crippen LogP contribution in [0.5, 0.6) is 0 Å². The average Bonchev–Trinajstić information content (AvgIpc) is 3.25. The Balaban J connectivity index is 4.62. The lowest BCUT2D eigenvalue weighted by Gasteiger charge is -2.24. The molecule has 1 amide bonds. The van der Waals surface area contributed by atoms with Crippen LogP contribution in [-0.4, -0.2) is 46.9 Å². The van der Waals surface area contributed by atoms with Crippen LogP contribution in [0, 0.1) is 0 Å². The summed E-state index contributed by atoms with van der Waals surface area (Å²) in [7, 11) is 0. The van der Waals surface area contributed by atoms with Crippen molar-refractivity contribution in [2.75, 3.05) is 6.61 Å². The van der Waals surface area contributed by atoms with Crippen LogP contribution < -0.4 is 5.32 Å². The van der Waals surface area contributed by atoms with Crippen molar-refractivity contribution in [1.29, 1.82) is 0 Å². The van der Waals surface area contributed by atoms with Gasteiger partial charge in [-0.3, -0.25) is 9.59 Å². The maximum Gasteiger partial charge on any atom is 0.306 e. The lowest BCUT2D eigenvalue weighted by Crippen LogP contribution is -2.46. The van der Waals surface area contributed by atoms with Gasteiger partial charge in [-0.05, 0) is 64.2 Å². The summed E-state index contributed by atoms with van der Waals surface area (Å²) in [6, 6.07) is -0.717. The quantitative estimate of drug-likeness (QED) is 0.0322. The lowest BCUT2D eigenvalue weighted by molar-refractivity contribution is -0.151. The Morgan fingerprint density at radius 3 is 1.30 bits per heavy atom. The molecule has 3 N–H and O–H groups in total. The van der Waals surface area contributed by atoms with Gasteiger partial charge in [0, 0.05) is 6.42 Å². The van der Waals surface area contributed by atoms with Crippen molar-refractivity contribution in [2.45, 2.75) is 283 Å². The van der Waals surface area contributed by atoms with Gasteiger partial charge >= 0.3 is 5.97 Å². The molecule has 0 aliphatic carbocycles. The van der Waals surface area contributed by atoms with E-state index in [2.05, 4.69) is 74.7 Å². The number of esters is 1. The molecule has 0 aromatic heterocycles. The van der Waals surface area contributed by atoms with Crippen molar-refractivity contribution in [3.05, 3.63) is 48.6 Å². The van der Waals surface area contributed by atoms with Crippen LogP contribution in [0.25, 0.3) is 0 Å². The molecule has 0 heterocycles. The topological polar surface area (TPSA) is 95.9 Å². The molecule has 0 spiro atoms. The fourth-order valence-electron chi connectivity index (χ4n) is 7.89. The number of carbonyl (C=O) groups is 2. The normalized spacial score (nSPS) is 13.6. The smallest absolute Gasteiger partial charge is 0.306 e. The van der Waals surface area contributed by atoms with Crippen molar-refractivity contribution >= 4 is 11.9 Å². The molecule has 0 aliphatic heterocycles. The summed E-state index contributed by atoms with van der Waals surface area (Å²) in [5.41, 5.74) is 0. The third-order valence-electron chi connectivity index (χ3n) is 11.9. The summed E-state index contributed by atoms with van der Waals surface area (Å²) >= 11 is 0. The van der Waals surface area contributed by atoms with E-state index in [1.54, 1.807) is 0 Å². The van der Waals surface area contributed by atoms with E-state index in [9.17, 15) is 19.8 Å². The van der Waals surface area contributed by atoms with E-state index in [1.807, 2.05) is 0 Å². The predicted molar refractivity (Wildman–Crippen MR) is 264 cm³/mol. The predicted octanol–water partition coefficient (Wildman–Crippen LogP) is 15.8. The van der Waals surface area contributed by atoms with E-state index in [4.69, 9.17) is 4.74 Å². The average molecular weight is 856 g/mol. The molecule has 356 valence electrons. The number of nitrogens with one attached hydrogen (secondary N) is 1. The molecule has 0 radical (unpaired) electrons.